The standard InChI is InChI=1S/C19H28N2O5S/c1-21(14-19(22)20-15-7-5-3-2-4-6-8-15)27(23,24)16-9-10-17-18(13-16)26-12-11-25-17/h9-10,13,15H,2-8,11-12,14H2,1H3,(H,20,22). The third-order valence-corrected chi connectivity index (χ3v) is 6.86. The van der Waals surface area contributed by atoms with Gasteiger partial charge >= 0.3 is 0 Å². The molecule has 1 aromatic rings. The van der Waals surface area contributed by atoms with E-state index in [1.807, 2.05) is 0 Å². The number of nitrogens with zero attached hydrogens (tertiary/aromatic N) is 1. The quantitative estimate of drug-likeness (QED) is 0.826. The van der Waals surface area contributed by atoms with Crippen LogP contribution in [0, 0.1) is 0 Å². The lowest BCUT2D eigenvalue weighted by Crippen LogP contribution is -2.42. The fourth-order valence-electron chi connectivity index (χ4n) is 3.53. The van der Waals surface area contributed by atoms with Crippen molar-refractivity contribution < 1.29 is 22.7 Å². The van der Waals surface area contributed by atoms with E-state index < -0.39 is 10.0 Å². The third kappa shape index (κ3) is 5.13. The van der Waals surface area contributed by atoms with Crippen LogP contribution in [0.2, 0.25) is 0 Å². The van der Waals surface area contributed by atoms with Crippen molar-refractivity contribution in [1.82, 2.24) is 9.62 Å². The maximum Gasteiger partial charge on any atom is 0.243 e. The number of rotatable bonds is 5. The zero-order valence-electron chi connectivity index (χ0n) is 15.8. The smallest absolute Gasteiger partial charge is 0.243 e. The molecular weight excluding hydrogens is 368 g/mol. The van der Waals surface area contributed by atoms with Crippen molar-refractivity contribution in [3.63, 3.8) is 0 Å². The molecule has 1 amide bonds. The number of ether oxygens (including phenoxy) is 2. The second-order valence-corrected chi connectivity index (χ2v) is 9.22. The number of nitrogens with one attached hydrogen (secondary N) is 1. The molecule has 0 saturated heterocycles. The fourth-order valence-corrected chi connectivity index (χ4v) is 4.67. The van der Waals surface area contributed by atoms with Gasteiger partial charge in [0.2, 0.25) is 15.9 Å². The molecule has 3 rings (SSSR count). The molecule has 8 heteroatoms. The van der Waals surface area contributed by atoms with Crippen LogP contribution < -0.4 is 14.8 Å². The number of carbonyl (C=O) groups is 1. The Morgan fingerprint density at radius 3 is 2.41 bits per heavy atom. The molecule has 1 heterocycles. The highest BCUT2D eigenvalue weighted by atomic mass is 32.2. The first-order valence-corrected chi connectivity index (χ1v) is 11.1. The predicted molar refractivity (Wildman–Crippen MR) is 101 cm³/mol. The van der Waals surface area contributed by atoms with Gasteiger partial charge in [-0.15, -0.1) is 0 Å². The highest BCUT2D eigenvalue weighted by Crippen LogP contribution is 2.32. The lowest BCUT2D eigenvalue weighted by Gasteiger charge is -2.23. The number of likely N-dealkylation sites (N-methyl/N-ethyl adjacent to an activating group) is 1. The van der Waals surface area contributed by atoms with Gasteiger partial charge in [-0.2, -0.15) is 4.31 Å². The van der Waals surface area contributed by atoms with Gasteiger partial charge in [0.15, 0.2) is 11.5 Å². The molecule has 0 aromatic heterocycles. The summed E-state index contributed by atoms with van der Waals surface area (Å²) in [4.78, 5) is 12.5. The first-order valence-electron chi connectivity index (χ1n) is 9.62. The number of hydrogen-bond donors (Lipinski definition) is 1. The molecule has 1 aliphatic carbocycles. The molecule has 1 aromatic carbocycles. The minimum absolute atomic E-state index is 0.0907. The third-order valence-electron chi connectivity index (χ3n) is 5.06. The summed E-state index contributed by atoms with van der Waals surface area (Å²) in [5.41, 5.74) is 0. The van der Waals surface area contributed by atoms with E-state index >= 15 is 0 Å². The van der Waals surface area contributed by atoms with E-state index in [1.165, 1.54) is 38.4 Å². The summed E-state index contributed by atoms with van der Waals surface area (Å²) in [6.45, 7) is 0.629. The van der Waals surface area contributed by atoms with Crippen molar-refractivity contribution >= 4 is 15.9 Å². The average molecular weight is 397 g/mol. The van der Waals surface area contributed by atoms with E-state index in [-0.39, 0.29) is 23.4 Å². The van der Waals surface area contributed by atoms with Crippen molar-refractivity contribution in [2.75, 3.05) is 26.8 Å². The molecule has 1 saturated carbocycles. The summed E-state index contributed by atoms with van der Waals surface area (Å²) < 4.78 is 37.5. The van der Waals surface area contributed by atoms with Gasteiger partial charge in [0.25, 0.3) is 0 Å². The molecule has 0 bridgehead atoms. The van der Waals surface area contributed by atoms with E-state index in [0.717, 1.165) is 30.0 Å². The Morgan fingerprint density at radius 1 is 1.07 bits per heavy atom. The Morgan fingerprint density at radius 2 is 1.70 bits per heavy atom. The molecule has 1 aliphatic heterocycles. The van der Waals surface area contributed by atoms with Crippen molar-refractivity contribution in [2.24, 2.45) is 0 Å². The normalized spacial score (nSPS) is 18.6. The van der Waals surface area contributed by atoms with Crippen LogP contribution in [0.5, 0.6) is 11.5 Å². The van der Waals surface area contributed by atoms with Gasteiger partial charge < -0.3 is 14.8 Å². The second kappa shape index (κ2) is 8.93. The number of carbonyl (C=O) groups excluding carboxylic acids is 1. The van der Waals surface area contributed by atoms with Gasteiger partial charge in [0.05, 0.1) is 11.4 Å². The van der Waals surface area contributed by atoms with Gasteiger partial charge in [-0.05, 0) is 25.0 Å². The van der Waals surface area contributed by atoms with E-state index in [0.29, 0.717) is 24.7 Å². The average Bonchev–Trinajstić information content (AvgIpc) is 2.63. The van der Waals surface area contributed by atoms with E-state index in [4.69, 9.17) is 9.47 Å². The van der Waals surface area contributed by atoms with Gasteiger partial charge in [0.1, 0.15) is 13.2 Å². The van der Waals surface area contributed by atoms with Crippen molar-refractivity contribution in [2.45, 2.75) is 55.9 Å². The Kier molecular flexibility index (Phi) is 6.59. The van der Waals surface area contributed by atoms with Crippen LogP contribution in [0.15, 0.2) is 23.1 Å². The van der Waals surface area contributed by atoms with Gasteiger partial charge in [-0.3, -0.25) is 4.79 Å². The molecule has 0 unspecified atom stereocenters. The molecule has 1 N–H and O–H groups in total. The Hall–Kier alpha value is -1.80. The summed E-state index contributed by atoms with van der Waals surface area (Å²) in [5.74, 6) is 0.684. The zero-order chi connectivity index (χ0) is 19.3. The molecule has 27 heavy (non-hydrogen) atoms. The monoisotopic (exact) mass is 396 g/mol. The van der Waals surface area contributed by atoms with Gasteiger partial charge in [-0.1, -0.05) is 32.1 Å². The lowest BCUT2D eigenvalue weighted by molar-refractivity contribution is -0.121. The van der Waals surface area contributed by atoms with Crippen molar-refractivity contribution in [3.8, 4) is 11.5 Å². The molecule has 0 spiro atoms. The number of hydrogen-bond acceptors (Lipinski definition) is 5. The summed E-state index contributed by atoms with van der Waals surface area (Å²) in [5, 5.41) is 3.00. The van der Waals surface area contributed by atoms with Crippen LogP contribution in [0.4, 0.5) is 0 Å². The zero-order valence-corrected chi connectivity index (χ0v) is 16.6. The van der Waals surface area contributed by atoms with Crippen LogP contribution >= 0.6 is 0 Å². The largest absolute Gasteiger partial charge is 0.486 e. The van der Waals surface area contributed by atoms with Gasteiger partial charge in [0, 0.05) is 19.2 Å². The second-order valence-electron chi connectivity index (χ2n) is 7.18. The van der Waals surface area contributed by atoms with E-state index in [9.17, 15) is 13.2 Å². The summed E-state index contributed by atoms with van der Waals surface area (Å²) >= 11 is 0. The Bertz CT molecular complexity index is 757. The van der Waals surface area contributed by atoms with Crippen LogP contribution in [-0.2, 0) is 14.8 Å². The summed E-state index contributed by atoms with van der Waals surface area (Å²) in [6, 6.07) is 4.66. The molecular formula is C19H28N2O5S. The fraction of sp³-hybridized carbons (Fsp3) is 0.632. The molecule has 150 valence electrons. The number of fused-ring (bicyclic) bond motifs is 1. The molecule has 1 fully saturated rings. The Labute approximate surface area is 161 Å². The summed E-state index contributed by atoms with van der Waals surface area (Å²) in [7, 11) is -2.36. The minimum Gasteiger partial charge on any atom is -0.486 e. The molecule has 0 radical (unpaired) electrons. The molecule has 2 aliphatic rings. The first-order chi connectivity index (χ1) is 13.0. The van der Waals surface area contributed by atoms with E-state index in [2.05, 4.69) is 5.32 Å². The molecule has 0 atom stereocenters. The number of benzene rings is 1. The number of amides is 1. The SMILES string of the molecule is CN(CC(=O)NC1CCCCCCC1)S(=O)(=O)c1ccc2c(c1)OCCO2. The van der Waals surface area contributed by atoms with Crippen LogP contribution in [0.25, 0.3) is 0 Å². The summed E-state index contributed by atoms with van der Waals surface area (Å²) in [6.07, 6.45) is 7.80. The highest BCUT2D eigenvalue weighted by Gasteiger charge is 2.26. The number of sulfonamides is 1. The van der Waals surface area contributed by atoms with E-state index in [1.54, 1.807) is 6.07 Å². The first kappa shape index (κ1) is 19.9. The minimum atomic E-state index is -3.78. The predicted octanol–water partition coefficient (Wildman–Crippen LogP) is 2.31. The highest BCUT2D eigenvalue weighted by molar-refractivity contribution is 7.89. The lowest BCUT2D eigenvalue weighted by atomic mass is 9.97. The Balaban J connectivity index is 1.61. The van der Waals surface area contributed by atoms with Crippen molar-refractivity contribution in [1.29, 1.82) is 0 Å². The van der Waals surface area contributed by atoms with Crippen LogP contribution in [-0.4, -0.2) is 51.5 Å². The molecule has 7 nitrogen and oxygen atoms in total. The maximum absolute atomic E-state index is 12.8. The maximum atomic E-state index is 12.8. The van der Waals surface area contributed by atoms with Crippen LogP contribution in [0.3, 0.4) is 0 Å². The van der Waals surface area contributed by atoms with Crippen molar-refractivity contribution in [3.05, 3.63) is 18.2 Å². The topological polar surface area (TPSA) is 84.9 Å². The van der Waals surface area contributed by atoms with Gasteiger partial charge in [-0.25, -0.2) is 8.42 Å². The van der Waals surface area contributed by atoms with Crippen LogP contribution in [0.1, 0.15) is 44.9 Å².